The van der Waals surface area contributed by atoms with Crippen LogP contribution >= 0.6 is 0 Å². The normalized spacial score (nSPS) is 21.5. The third-order valence-electron chi connectivity index (χ3n) is 4.61. The number of amides is 1. The zero-order valence-corrected chi connectivity index (χ0v) is 14.6. The minimum atomic E-state index is -0.379. The van der Waals surface area contributed by atoms with Crippen molar-refractivity contribution in [1.82, 2.24) is 30.8 Å². The number of benzene rings is 1. The van der Waals surface area contributed by atoms with E-state index in [0.717, 1.165) is 25.2 Å². The maximum atomic E-state index is 12.7. The van der Waals surface area contributed by atoms with E-state index in [4.69, 9.17) is 0 Å². The maximum Gasteiger partial charge on any atom is 0.248 e. The third-order valence-corrected chi connectivity index (χ3v) is 4.61. The van der Waals surface area contributed by atoms with E-state index in [0.29, 0.717) is 18.3 Å². The Balaban J connectivity index is 1.68. The van der Waals surface area contributed by atoms with Gasteiger partial charge < -0.3 is 16.0 Å². The number of piperidine rings is 1. The minimum Gasteiger partial charge on any atom is -0.351 e. The van der Waals surface area contributed by atoms with Crippen molar-refractivity contribution in [3.8, 4) is 5.69 Å². The number of anilines is 1. The first-order valence-electron chi connectivity index (χ1n) is 8.80. The average Bonchev–Trinajstić information content (AvgIpc) is 3.10. The molecule has 0 aliphatic carbocycles. The maximum absolute atomic E-state index is 12.7. The van der Waals surface area contributed by atoms with Gasteiger partial charge in [-0.15, -0.1) is 0 Å². The van der Waals surface area contributed by atoms with Crippen LogP contribution in [-0.4, -0.2) is 51.3 Å². The summed E-state index contributed by atoms with van der Waals surface area (Å²) >= 11 is 0. The minimum absolute atomic E-state index is 0.0103. The molecular weight excluding hydrogens is 318 g/mol. The molecule has 1 aliphatic rings. The predicted molar refractivity (Wildman–Crippen MR) is 95.4 cm³/mol. The number of tetrazole rings is 1. The molecule has 3 rings (SSSR count). The Morgan fingerprint density at radius 1 is 1.40 bits per heavy atom. The molecule has 1 aromatic carbocycles. The summed E-state index contributed by atoms with van der Waals surface area (Å²) < 4.78 is 1.60. The number of rotatable bonds is 6. The second-order valence-corrected chi connectivity index (χ2v) is 6.44. The van der Waals surface area contributed by atoms with Crippen molar-refractivity contribution in [2.24, 2.45) is 5.92 Å². The van der Waals surface area contributed by atoms with Crippen LogP contribution in [0.2, 0.25) is 0 Å². The van der Waals surface area contributed by atoms with Gasteiger partial charge in [0.25, 0.3) is 0 Å². The van der Waals surface area contributed by atoms with Crippen molar-refractivity contribution in [3.05, 3.63) is 30.3 Å². The number of carbonyl (C=O) groups excluding carboxylic acids is 1. The molecule has 134 valence electrons. The Labute approximate surface area is 147 Å². The van der Waals surface area contributed by atoms with Crippen molar-refractivity contribution < 1.29 is 4.79 Å². The fraction of sp³-hybridized carbons (Fsp3) is 0.529. The van der Waals surface area contributed by atoms with Crippen LogP contribution in [0.5, 0.6) is 0 Å². The highest BCUT2D eigenvalue weighted by molar-refractivity contribution is 5.84. The molecular formula is C17H25N7O. The summed E-state index contributed by atoms with van der Waals surface area (Å²) in [4.78, 5) is 12.7. The number of hydrogen-bond donors (Lipinski definition) is 3. The summed E-state index contributed by atoms with van der Waals surface area (Å²) in [5.74, 6) is 0.875. The molecule has 0 radical (unpaired) electrons. The number of para-hydroxylation sites is 1. The van der Waals surface area contributed by atoms with Crippen LogP contribution in [0.25, 0.3) is 5.69 Å². The molecule has 2 heterocycles. The molecule has 25 heavy (non-hydrogen) atoms. The van der Waals surface area contributed by atoms with E-state index in [1.165, 1.54) is 0 Å². The summed E-state index contributed by atoms with van der Waals surface area (Å²) in [5, 5.41) is 21.5. The zero-order chi connectivity index (χ0) is 17.6. The second kappa shape index (κ2) is 8.06. The first kappa shape index (κ1) is 17.3. The van der Waals surface area contributed by atoms with Gasteiger partial charge in [-0.25, -0.2) is 0 Å². The lowest BCUT2D eigenvalue weighted by atomic mass is 9.95. The van der Waals surface area contributed by atoms with Crippen molar-refractivity contribution in [3.63, 3.8) is 0 Å². The van der Waals surface area contributed by atoms with Gasteiger partial charge >= 0.3 is 0 Å². The highest BCUT2D eigenvalue weighted by atomic mass is 16.2. The molecule has 8 nitrogen and oxygen atoms in total. The lowest BCUT2D eigenvalue weighted by Gasteiger charge is -2.31. The quantitative estimate of drug-likeness (QED) is 0.723. The molecule has 0 saturated carbocycles. The smallest absolute Gasteiger partial charge is 0.248 e. The summed E-state index contributed by atoms with van der Waals surface area (Å²) in [5.41, 5.74) is 0.845. The lowest BCUT2D eigenvalue weighted by molar-refractivity contribution is -0.123. The second-order valence-electron chi connectivity index (χ2n) is 6.44. The molecule has 1 aliphatic heterocycles. The van der Waals surface area contributed by atoms with E-state index in [9.17, 15) is 4.79 Å². The predicted octanol–water partition coefficient (Wildman–Crippen LogP) is 0.967. The monoisotopic (exact) mass is 343 g/mol. The summed E-state index contributed by atoms with van der Waals surface area (Å²) in [7, 11) is 0. The Kier molecular flexibility index (Phi) is 5.60. The number of carbonyl (C=O) groups is 1. The van der Waals surface area contributed by atoms with E-state index < -0.39 is 0 Å². The highest BCUT2D eigenvalue weighted by Gasteiger charge is 2.26. The van der Waals surface area contributed by atoms with Gasteiger partial charge in [0.15, 0.2) is 0 Å². The Hall–Kier alpha value is -2.48. The zero-order valence-electron chi connectivity index (χ0n) is 14.6. The van der Waals surface area contributed by atoms with Crippen LogP contribution < -0.4 is 16.0 Å². The fourth-order valence-electron chi connectivity index (χ4n) is 3.04. The number of nitrogens with one attached hydrogen (secondary N) is 3. The molecule has 0 spiro atoms. The molecule has 3 unspecified atom stereocenters. The summed E-state index contributed by atoms with van der Waals surface area (Å²) in [6, 6.07) is 9.43. The first-order valence-corrected chi connectivity index (χ1v) is 8.80. The van der Waals surface area contributed by atoms with Gasteiger partial charge in [0, 0.05) is 6.04 Å². The van der Waals surface area contributed by atoms with Crippen LogP contribution in [0.4, 0.5) is 5.95 Å². The standard InChI is InChI=1S/C17H25N7O/c1-3-14(16(25)19-15-9-10-18-11-12(15)2)20-17-21-22-23-24(17)13-7-5-4-6-8-13/h4-8,12,14-15,18H,3,9-11H2,1-2H3,(H,19,25)(H,20,21,23). The number of hydrogen-bond acceptors (Lipinski definition) is 6. The first-order chi connectivity index (χ1) is 12.2. The fourth-order valence-corrected chi connectivity index (χ4v) is 3.04. The van der Waals surface area contributed by atoms with Gasteiger partial charge in [0.05, 0.1) is 5.69 Å². The van der Waals surface area contributed by atoms with Crippen LogP contribution in [0.15, 0.2) is 30.3 Å². The van der Waals surface area contributed by atoms with Crippen molar-refractivity contribution in [1.29, 1.82) is 0 Å². The number of nitrogens with zero attached hydrogens (tertiary/aromatic N) is 4. The molecule has 1 amide bonds. The van der Waals surface area contributed by atoms with E-state index in [1.54, 1.807) is 4.68 Å². The largest absolute Gasteiger partial charge is 0.351 e. The van der Waals surface area contributed by atoms with E-state index in [-0.39, 0.29) is 18.0 Å². The lowest BCUT2D eigenvalue weighted by Crippen LogP contribution is -2.52. The van der Waals surface area contributed by atoms with Crippen molar-refractivity contribution in [2.45, 2.75) is 38.8 Å². The van der Waals surface area contributed by atoms with E-state index >= 15 is 0 Å². The number of aromatic nitrogens is 4. The molecule has 1 fully saturated rings. The highest BCUT2D eigenvalue weighted by Crippen LogP contribution is 2.14. The van der Waals surface area contributed by atoms with Gasteiger partial charge in [-0.1, -0.05) is 37.1 Å². The van der Waals surface area contributed by atoms with E-state index in [1.807, 2.05) is 37.3 Å². The van der Waals surface area contributed by atoms with Crippen LogP contribution in [0.1, 0.15) is 26.7 Å². The molecule has 1 aromatic heterocycles. The van der Waals surface area contributed by atoms with Crippen molar-refractivity contribution in [2.75, 3.05) is 18.4 Å². The molecule has 0 bridgehead atoms. The van der Waals surface area contributed by atoms with Crippen LogP contribution in [-0.2, 0) is 4.79 Å². The Morgan fingerprint density at radius 2 is 2.20 bits per heavy atom. The topological polar surface area (TPSA) is 96.8 Å². The Bertz CT molecular complexity index is 687. The van der Waals surface area contributed by atoms with Gasteiger partial charge in [0.2, 0.25) is 11.9 Å². The summed E-state index contributed by atoms with van der Waals surface area (Å²) in [6.45, 7) is 5.99. The van der Waals surface area contributed by atoms with Gasteiger partial charge in [-0.3, -0.25) is 4.79 Å². The SMILES string of the molecule is CCC(Nc1nnnn1-c1ccccc1)C(=O)NC1CCNCC1C. The Morgan fingerprint density at radius 3 is 2.92 bits per heavy atom. The molecule has 3 N–H and O–H groups in total. The van der Waals surface area contributed by atoms with Crippen LogP contribution in [0.3, 0.4) is 0 Å². The van der Waals surface area contributed by atoms with Gasteiger partial charge in [0.1, 0.15) is 6.04 Å². The van der Waals surface area contributed by atoms with E-state index in [2.05, 4.69) is 38.4 Å². The molecule has 8 heteroatoms. The molecule has 1 saturated heterocycles. The van der Waals surface area contributed by atoms with Crippen LogP contribution in [0, 0.1) is 5.92 Å². The molecule has 2 aromatic rings. The van der Waals surface area contributed by atoms with Crippen molar-refractivity contribution >= 4 is 11.9 Å². The third kappa shape index (κ3) is 4.14. The van der Waals surface area contributed by atoms with Gasteiger partial charge in [-0.2, -0.15) is 4.68 Å². The van der Waals surface area contributed by atoms with Gasteiger partial charge in [-0.05, 0) is 54.4 Å². The average molecular weight is 343 g/mol. The molecule has 3 atom stereocenters. The summed E-state index contributed by atoms with van der Waals surface area (Å²) in [6.07, 6.45) is 1.60.